The van der Waals surface area contributed by atoms with Gasteiger partial charge in [0.25, 0.3) is 0 Å². The minimum Gasteiger partial charge on any atom is -0.319 e. The van der Waals surface area contributed by atoms with Gasteiger partial charge in [-0.2, -0.15) is 0 Å². The number of rotatable bonds is 2. The van der Waals surface area contributed by atoms with Crippen LogP contribution in [-0.4, -0.2) is 0 Å². The van der Waals surface area contributed by atoms with Crippen molar-refractivity contribution in [3.8, 4) is 0 Å². The summed E-state index contributed by atoms with van der Waals surface area (Å²) in [5, 5.41) is 1.65. The van der Waals surface area contributed by atoms with Gasteiger partial charge in [-0.25, -0.2) is 17.6 Å². The van der Waals surface area contributed by atoms with E-state index in [1.807, 2.05) is 0 Å². The van der Waals surface area contributed by atoms with Gasteiger partial charge in [-0.3, -0.25) is 0 Å². The first-order valence-electron chi connectivity index (χ1n) is 4.64. The summed E-state index contributed by atoms with van der Waals surface area (Å²) in [6.07, 6.45) is 0. The second-order valence-electron chi connectivity index (χ2n) is 3.37. The van der Waals surface area contributed by atoms with Crippen molar-refractivity contribution in [2.45, 2.75) is 6.04 Å². The van der Waals surface area contributed by atoms with Crippen LogP contribution in [0.4, 0.5) is 17.6 Å². The summed E-state index contributed by atoms with van der Waals surface area (Å²) in [6, 6.07) is 2.11. The van der Waals surface area contributed by atoms with Gasteiger partial charge in [0, 0.05) is 10.9 Å². The van der Waals surface area contributed by atoms with E-state index < -0.39 is 34.9 Å². The monoisotopic (exact) mass is 261 g/mol. The first kappa shape index (κ1) is 12.1. The predicted octanol–water partition coefficient (Wildman–Crippen LogP) is 3.35. The average Bonchev–Trinajstić information content (AvgIpc) is 2.80. The van der Waals surface area contributed by atoms with Crippen LogP contribution in [0.3, 0.4) is 0 Å². The summed E-state index contributed by atoms with van der Waals surface area (Å²) >= 11 is 1.15. The SMILES string of the molecule is N[C@H](c1cccs1)c1c(F)c(F)cc(F)c1F. The van der Waals surface area contributed by atoms with Crippen LogP contribution >= 0.6 is 11.3 Å². The number of hydrogen-bond donors (Lipinski definition) is 1. The zero-order chi connectivity index (χ0) is 12.6. The molecule has 17 heavy (non-hydrogen) atoms. The number of nitrogens with two attached hydrogens (primary N) is 1. The van der Waals surface area contributed by atoms with Gasteiger partial charge in [-0.1, -0.05) is 6.07 Å². The van der Waals surface area contributed by atoms with E-state index in [1.165, 1.54) is 6.07 Å². The molecular weight excluding hydrogens is 254 g/mol. The maximum Gasteiger partial charge on any atom is 0.167 e. The molecule has 0 unspecified atom stereocenters. The molecule has 2 rings (SSSR count). The van der Waals surface area contributed by atoms with Gasteiger partial charge >= 0.3 is 0 Å². The second kappa shape index (κ2) is 4.46. The van der Waals surface area contributed by atoms with Crippen LogP contribution in [0.5, 0.6) is 0 Å². The highest BCUT2D eigenvalue weighted by atomic mass is 32.1. The van der Waals surface area contributed by atoms with E-state index in [0.717, 1.165) is 11.3 Å². The summed E-state index contributed by atoms with van der Waals surface area (Å²) in [6.45, 7) is 0. The Morgan fingerprint density at radius 1 is 1.06 bits per heavy atom. The predicted molar refractivity (Wildman–Crippen MR) is 56.6 cm³/mol. The Hall–Kier alpha value is -1.40. The lowest BCUT2D eigenvalue weighted by Crippen LogP contribution is -2.16. The van der Waals surface area contributed by atoms with Crippen molar-refractivity contribution in [3.05, 3.63) is 57.3 Å². The molecule has 0 aliphatic heterocycles. The van der Waals surface area contributed by atoms with E-state index >= 15 is 0 Å². The Morgan fingerprint density at radius 3 is 2.12 bits per heavy atom. The van der Waals surface area contributed by atoms with Crippen LogP contribution in [0.25, 0.3) is 0 Å². The van der Waals surface area contributed by atoms with E-state index in [-0.39, 0.29) is 6.07 Å². The maximum absolute atomic E-state index is 13.4. The second-order valence-corrected chi connectivity index (χ2v) is 4.35. The van der Waals surface area contributed by atoms with E-state index in [9.17, 15) is 17.6 Å². The van der Waals surface area contributed by atoms with Crippen molar-refractivity contribution in [2.24, 2.45) is 5.73 Å². The highest BCUT2D eigenvalue weighted by Gasteiger charge is 2.25. The third-order valence-electron chi connectivity index (χ3n) is 2.31. The van der Waals surface area contributed by atoms with Gasteiger partial charge in [0.2, 0.25) is 0 Å². The average molecular weight is 261 g/mol. The number of halogens is 4. The molecule has 1 aromatic heterocycles. The van der Waals surface area contributed by atoms with Gasteiger partial charge in [0.1, 0.15) is 0 Å². The molecule has 0 spiro atoms. The molecule has 2 N–H and O–H groups in total. The van der Waals surface area contributed by atoms with Crippen LogP contribution in [0.1, 0.15) is 16.5 Å². The smallest absolute Gasteiger partial charge is 0.167 e. The molecule has 1 heterocycles. The van der Waals surface area contributed by atoms with E-state index in [4.69, 9.17) is 5.73 Å². The van der Waals surface area contributed by atoms with Crippen LogP contribution < -0.4 is 5.73 Å². The maximum atomic E-state index is 13.4. The number of hydrogen-bond acceptors (Lipinski definition) is 2. The normalized spacial score (nSPS) is 12.8. The standard InChI is InChI=1S/C11H7F4NS/c12-5-4-6(13)10(15)8(9(5)14)11(16)7-2-1-3-17-7/h1-4,11H,16H2/t11-/m1/s1. The molecule has 0 bridgehead atoms. The quantitative estimate of drug-likeness (QED) is 0.651. The Morgan fingerprint density at radius 2 is 1.65 bits per heavy atom. The number of thiophene rings is 1. The van der Waals surface area contributed by atoms with E-state index in [1.54, 1.807) is 11.4 Å². The van der Waals surface area contributed by atoms with Crippen LogP contribution in [0.2, 0.25) is 0 Å². The molecule has 6 heteroatoms. The first-order valence-corrected chi connectivity index (χ1v) is 5.52. The molecule has 0 amide bonds. The lowest BCUT2D eigenvalue weighted by molar-refractivity contribution is 0.434. The van der Waals surface area contributed by atoms with Crippen molar-refractivity contribution < 1.29 is 17.6 Å². The lowest BCUT2D eigenvalue weighted by Gasteiger charge is -2.13. The molecule has 0 saturated carbocycles. The Labute approximate surface area is 98.5 Å². The molecule has 1 aromatic carbocycles. The molecule has 0 aliphatic rings. The minimum absolute atomic E-state index is 0.162. The molecule has 0 saturated heterocycles. The summed E-state index contributed by atoms with van der Waals surface area (Å²) in [4.78, 5) is 0.424. The molecule has 1 nitrogen and oxygen atoms in total. The molecular formula is C11H7F4NS. The zero-order valence-electron chi connectivity index (χ0n) is 8.38. The molecule has 0 fully saturated rings. The lowest BCUT2D eigenvalue weighted by atomic mass is 10.0. The van der Waals surface area contributed by atoms with Gasteiger partial charge in [0.05, 0.1) is 11.6 Å². The topological polar surface area (TPSA) is 26.0 Å². The molecule has 2 aromatic rings. The highest BCUT2D eigenvalue weighted by molar-refractivity contribution is 7.10. The van der Waals surface area contributed by atoms with Gasteiger partial charge in [0.15, 0.2) is 23.3 Å². The zero-order valence-corrected chi connectivity index (χ0v) is 9.20. The Bertz CT molecular complexity index is 513. The third-order valence-corrected chi connectivity index (χ3v) is 3.26. The third kappa shape index (κ3) is 2.05. The summed E-state index contributed by atoms with van der Waals surface area (Å²) in [7, 11) is 0. The molecule has 1 atom stereocenters. The molecule has 0 aliphatic carbocycles. The van der Waals surface area contributed by atoms with Crippen molar-refractivity contribution in [2.75, 3.05) is 0 Å². The molecule has 90 valence electrons. The summed E-state index contributed by atoms with van der Waals surface area (Å²) < 4.78 is 52.8. The summed E-state index contributed by atoms with van der Waals surface area (Å²) in [5.74, 6) is -5.81. The fraction of sp³-hybridized carbons (Fsp3) is 0.0909. The van der Waals surface area contributed by atoms with Crippen LogP contribution in [0, 0.1) is 23.3 Å². The van der Waals surface area contributed by atoms with Gasteiger partial charge in [-0.15, -0.1) is 11.3 Å². The first-order chi connectivity index (χ1) is 8.02. The Kier molecular flexibility index (Phi) is 3.17. The van der Waals surface area contributed by atoms with Crippen molar-refractivity contribution in [3.63, 3.8) is 0 Å². The van der Waals surface area contributed by atoms with Crippen LogP contribution in [-0.2, 0) is 0 Å². The molecule has 0 radical (unpaired) electrons. The number of benzene rings is 1. The largest absolute Gasteiger partial charge is 0.319 e. The van der Waals surface area contributed by atoms with Crippen molar-refractivity contribution in [1.29, 1.82) is 0 Å². The minimum atomic E-state index is -1.45. The van der Waals surface area contributed by atoms with Crippen molar-refractivity contribution in [1.82, 2.24) is 0 Å². The van der Waals surface area contributed by atoms with Crippen molar-refractivity contribution >= 4 is 11.3 Å². The fourth-order valence-electron chi connectivity index (χ4n) is 1.48. The van der Waals surface area contributed by atoms with Gasteiger partial charge in [-0.05, 0) is 11.4 Å². The van der Waals surface area contributed by atoms with E-state index in [0.29, 0.717) is 4.88 Å². The van der Waals surface area contributed by atoms with Crippen LogP contribution in [0.15, 0.2) is 23.6 Å². The fourth-order valence-corrected chi connectivity index (χ4v) is 2.21. The summed E-state index contributed by atoms with van der Waals surface area (Å²) in [5.41, 5.74) is 4.81. The van der Waals surface area contributed by atoms with E-state index in [2.05, 4.69) is 0 Å². The Balaban J connectivity index is 2.59. The highest BCUT2D eigenvalue weighted by Crippen LogP contribution is 2.30. The van der Waals surface area contributed by atoms with Gasteiger partial charge < -0.3 is 5.73 Å².